The third-order valence-corrected chi connectivity index (χ3v) is 42.6. The molecule has 121 heavy (non-hydrogen) atoms. The predicted molar refractivity (Wildman–Crippen MR) is 479 cm³/mol. The summed E-state index contributed by atoms with van der Waals surface area (Å²) in [6.45, 7) is 55.7. The summed E-state index contributed by atoms with van der Waals surface area (Å²) < 4.78 is 61.7. The average molecular weight is 1750 g/mol. The molecular formula is C94H163FLi2O21Si3. The second kappa shape index (κ2) is 49.5. The van der Waals surface area contributed by atoms with Gasteiger partial charge in [0.1, 0.15) is 47.2 Å². The molecule has 10 rings (SSSR count). The fourth-order valence-corrected chi connectivity index (χ4v) is 28.6. The van der Waals surface area contributed by atoms with Crippen LogP contribution in [0.15, 0.2) is 83.0 Å². The Labute approximate surface area is 758 Å². The number of hydrogen-bond acceptors (Lipinski definition) is 21. The molecule has 6 fully saturated rings. The number of benzene rings is 2. The molecule has 4 saturated carbocycles. The van der Waals surface area contributed by atoms with Crippen molar-refractivity contribution in [2.24, 2.45) is 45.3 Å². The van der Waals surface area contributed by atoms with Crippen molar-refractivity contribution in [3.8, 4) is 0 Å². The molecule has 21 nitrogen and oxygen atoms in total. The topological polar surface area (TPSA) is 296 Å². The van der Waals surface area contributed by atoms with Crippen LogP contribution in [0.3, 0.4) is 0 Å². The molecule has 8 aliphatic rings. The Balaban J connectivity index is -0.00000176. The molecule has 2 saturated heterocycles. The summed E-state index contributed by atoms with van der Waals surface area (Å²) in [5, 5.41) is 51.6. The van der Waals surface area contributed by atoms with Gasteiger partial charge in [-0.15, -0.1) is 6.10 Å². The van der Waals surface area contributed by atoms with Crippen LogP contribution in [-0.4, -0.2) is 180 Å². The largest absolute Gasteiger partial charge is 1.00 e. The Morgan fingerprint density at radius 2 is 0.826 bits per heavy atom. The Hall–Kier alpha value is -3.97. The van der Waals surface area contributed by atoms with E-state index < -0.39 is 165 Å². The van der Waals surface area contributed by atoms with E-state index in [0.29, 0.717) is 35.1 Å². The number of methoxy groups -OCH3 is 1. The second-order valence-corrected chi connectivity index (χ2v) is 49.0. The first-order valence-electron chi connectivity index (χ1n) is 43.5. The molecule has 2 aromatic carbocycles. The fourth-order valence-electron chi connectivity index (χ4n) is 20.4. The molecule has 2 aromatic rings. The Bertz CT molecular complexity index is 3410. The van der Waals surface area contributed by atoms with E-state index in [1.165, 1.54) is 65.3 Å². The Kier molecular flexibility index (Phi) is 48.8. The van der Waals surface area contributed by atoms with Crippen LogP contribution in [0.4, 0.5) is 4.70 Å². The number of unbranched alkanes of at least 4 members (excludes halogenated alkanes) is 2. The number of carbonyl (C=O) groups excluding carboxylic acids is 7. The average Bonchev–Trinajstić information content (AvgIpc) is 0.672. The number of halogens is 1. The van der Waals surface area contributed by atoms with Gasteiger partial charge in [0, 0.05) is 71.2 Å². The molecule has 27 heteroatoms. The van der Waals surface area contributed by atoms with E-state index in [0.717, 1.165) is 42.7 Å². The zero-order valence-electron chi connectivity index (χ0n) is 78.9. The van der Waals surface area contributed by atoms with Gasteiger partial charge in [-0.25, -0.2) is 9.59 Å². The molecule has 2 heterocycles. The molecule has 2 aliphatic heterocycles. The van der Waals surface area contributed by atoms with Crippen molar-refractivity contribution < 1.29 is 144 Å². The van der Waals surface area contributed by atoms with Crippen LogP contribution in [-0.2, 0) is 70.4 Å². The van der Waals surface area contributed by atoms with Crippen LogP contribution in [0.5, 0.6) is 0 Å². The van der Waals surface area contributed by atoms with Crippen molar-refractivity contribution >= 4 is 66.4 Å². The fraction of sp³-hybridized carbons (Fsp3) is 0.745. The van der Waals surface area contributed by atoms with Gasteiger partial charge >= 0.3 is 67.6 Å². The minimum absolute atomic E-state index is 0. The molecule has 0 radical (unpaired) electrons. The number of carbonyl (C=O) groups is 7. The minimum Gasteiger partial charge on any atom is -0.849 e. The van der Waals surface area contributed by atoms with Crippen LogP contribution in [0.2, 0.25) is 54.4 Å². The third kappa shape index (κ3) is 23.4. The van der Waals surface area contributed by atoms with Crippen molar-refractivity contribution in [3.63, 3.8) is 0 Å². The van der Waals surface area contributed by atoms with Crippen molar-refractivity contribution in [2.45, 2.75) is 379 Å². The van der Waals surface area contributed by atoms with E-state index in [2.05, 4.69) is 94.7 Å². The van der Waals surface area contributed by atoms with Crippen molar-refractivity contribution in [1.82, 2.24) is 0 Å². The van der Waals surface area contributed by atoms with Crippen LogP contribution >= 0.6 is 0 Å². The van der Waals surface area contributed by atoms with E-state index in [-0.39, 0.29) is 113 Å². The first-order chi connectivity index (χ1) is 54.3. The smallest absolute Gasteiger partial charge is 0.849 e. The van der Waals surface area contributed by atoms with Crippen LogP contribution in [0.25, 0.3) is 0 Å². The van der Waals surface area contributed by atoms with Crippen LogP contribution in [0, 0.1) is 52.3 Å². The molecule has 0 spiro atoms. The zero-order chi connectivity index (χ0) is 88.5. The van der Waals surface area contributed by atoms with Gasteiger partial charge in [0.25, 0.3) is 0 Å². The first-order valence-corrected chi connectivity index (χ1v) is 51.1. The molecular weight excluding hydrogens is 1580 g/mol. The SMILES string of the molecule is C.C.CC.CCCC.CC[Si](CC)(CC)OC.CC[Si](CC)(CC)OC1C[C@H]2OC[C@@]2(OC(C)=O)[C@H]2[C@H](OC(=O)c3ccccc3)[C@]3(O)C[C@H](O)C(C)=C([C@@H](C)C(=O)[C@]12C)C3(C)C.CC[Si](CC)(CC)OC1C[C@H]2OC[C@@]2(OC(C)=O)[C@H]2[C@H](OC(=O)c3ccccc3)[C@]3(O)C[C@H]([O-])C(C)=C([C@@H](C)C(=O)[C@]12C)C3(C)C.COC(C)=O.F.[3HH].[CH2-]CCC.[Li+].[Li+]. The van der Waals surface area contributed by atoms with Crippen molar-refractivity contribution in [1.29, 1.82) is 0 Å². The summed E-state index contributed by atoms with van der Waals surface area (Å²) in [5.41, 5.74) is -8.69. The molecule has 4 bridgehead atoms. The van der Waals surface area contributed by atoms with Gasteiger partial charge in [-0.05, 0) is 124 Å². The Morgan fingerprint density at radius 1 is 0.529 bits per heavy atom. The summed E-state index contributed by atoms with van der Waals surface area (Å²) in [6.07, 6.45) is -2.70. The van der Waals surface area contributed by atoms with Crippen molar-refractivity contribution in [2.75, 3.05) is 27.4 Å². The number of ether oxygens (including phenoxy) is 7. The molecule has 0 aromatic heterocycles. The van der Waals surface area contributed by atoms with Gasteiger partial charge in [0.05, 0.1) is 72.4 Å². The quantitative estimate of drug-likeness (QED) is 0.0324. The van der Waals surface area contributed by atoms with Crippen LogP contribution in [0.1, 0.15) is 275 Å². The van der Waals surface area contributed by atoms with Crippen molar-refractivity contribution in [3.05, 3.63) is 101 Å². The first kappa shape index (κ1) is 119. The molecule has 2 unspecified atom stereocenters. The number of ketones is 2. The Morgan fingerprint density at radius 3 is 1.07 bits per heavy atom. The van der Waals surface area contributed by atoms with Gasteiger partial charge in [0.15, 0.2) is 36.2 Å². The number of rotatable bonds is 22. The maximum atomic E-state index is 15.4. The summed E-state index contributed by atoms with van der Waals surface area (Å²) in [4.78, 5) is 94.1. The molecule has 686 valence electrons. The molecule has 3 N–H and O–H groups in total. The summed E-state index contributed by atoms with van der Waals surface area (Å²) >= 11 is 0. The van der Waals surface area contributed by atoms with E-state index in [1.807, 2.05) is 83.3 Å². The zero-order valence-corrected chi connectivity index (χ0v) is 81.9. The monoisotopic (exact) mass is 1750 g/mol. The van der Waals surface area contributed by atoms with E-state index in [9.17, 15) is 44.4 Å². The number of aliphatic hydroxyl groups is 3. The normalized spacial score (nSPS) is 31.0. The number of Topliss-reactive ketones (excluding diaryl/α,β-unsaturated/α-hetero) is 2. The van der Waals surface area contributed by atoms with Crippen LogP contribution < -0.4 is 42.8 Å². The van der Waals surface area contributed by atoms with Gasteiger partial charge in [0.2, 0.25) is 0 Å². The van der Waals surface area contributed by atoms with E-state index in [4.69, 9.17) is 41.7 Å². The van der Waals surface area contributed by atoms with E-state index >= 15 is 9.59 Å². The summed E-state index contributed by atoms with van der Waals surface area (Å²) in [7, 11) is -2.66. The second-order valence-electron chi connectivity index (χ2n) is 34.6. The minimum atomic E-state index is -2.35. The third-order valence-electron chi connectivity index (χ3n) is 28.6. The predicted octanol–water partition coefficient (Wildman–Crippen LogP) is 13.1. The number of fused-ring (bicyclic) bond motifs is 10. The molecule has 0 amide bonds. The van der Waals surface area contributed by atoms with E-state index in [1.54, 1.807) is 67.6 Å². The molecule has 18 atom stereocenters. The molecule has 6 aliphatic carbocycles. The summed E-state index contributed by atoms with van der Waals surface area (Å²) in [6, 6.07) is 25.8. The standard InChI is InChI=1S/C36H52O9Si.C36H51O9Si.C7H18OSi.C4H10.C4H9.C3H6O2.C2H6.2CH4.FH.2Li.H2/c2*1-10-46(11-2,12-3)45-26-18-27-35(20-42-27,44-23(6)37)29-31(43-32(40)24-16-14-13-15-17-24)36(41)19-25(38)21(4)28(33(36,7)8)22(5)30(39)34(26,29)9;1-5-9(6-2,7-3)8-4;2*1-3-4-2;1-3(4)5-2;1-2;;;;;;/h13-17,22,25-27,29,31,38,41H,10-12,18-20H2,1-9H3;13-17,22,25-27,29,31,41H,10-12,18-20H2,1-9H3;5-7H2,1-4H3;3-4H2,1-2H3;1,3-4H2,2H3;1-2H3;1-2H3;2*1H4;1H;;;1H/q;-1;;;-1;;;;;;2*+1;/t2*22-,25+,26?,27-,29+,31+,34-,35+,36-;;;;;;;;;;;/m11.........../s1/i;;;;;;;;;;;;1+2. The van der Waals surface area contributed by atoms with Gasteiger partial charge in [-0.3, -0.25) is 28.7 Å². The maximum absolute atomic E-state index is 15.4. The van der Waals surface area contributed by atoms with Gasteiger partial charge < -0.3 is 73.8 Å². The number of esters is 5. The van der Waals surface area contributed by atoms with Gasteiger partial charge in [-0.1, -0.05) is 220 Å². The number of hydrogen-bond donors (Lipinski definition) is 3. The maximum Gasteiger partial charge on any atom is 1.00 e. The summed E-state index contributed by atoms with van der Waals surface area (Å²) in [5.74, 6) is -6.67. The van der Waals surface area contributed by atoms with Gasteiger partial charge in [-0.2, -0.15) is 6.42 Å². The number of aliphatic hydroxyl groups excluding tert-OH is 1.